The van der Waals surface area contributed by atoms with Gasteiger partial charge in [0.2, 0.25) is 5.91 Å². The van der Waals surface area contributed by atoms with Crippen LogP contribution in [0.25, 0.3) is 0 Å². The van der Waals surface area contributed by atoms with Crippen molar-refractivity contribution in [2.24, 2.45) is 5.92 Å². The molecule has 0 atom stereocenters. The van der Waals surface area contributed by atoms with E-state index >= 15 is 0 Å². The Morgan fingerprint density at radius 2 is 2.20 bits per heavy atom. The summed E-state index contributed by atoms with van der Waals surface area (Å²) in [7, 11) is 0. The normalized spacial score (nSPS) is 17.1. The van der Waals surface area contributed by atoms with Crippen molar-refractivity contribution in [2.75, 3.05) is 19.6 Å². The van der Waals surface area contributed by atoms with Crippen LogP contribution in [0.4, 0.5) is 0 Å². The zero-order chi connectivity index (χ0) is 14.4. The highest BCUT2D eigenvalue weighted by molar-refractivity contribution is 6.29. The zero-order valence-electron chi connectivity index (χ0n) is 11.9. The van der Waals surface area contributed by atoms with E-state index in [1.165, 1.54) is 5.56 Å². The van der Waals surface area contributed by atoms with Crippen LogP contribution in [0.1, 0.15) is 31.7 Å². The molecule has 1 N–H and O–H groups in total. The minimum absolute atomic E-state index is 0.182. The number of aromatic nitrogens is 1. The Hall–Kier alpha value is -1.13. The Bertz CT molecular complexity index is 427. The fraction of sp³-hybridized carbons (Fsp3) is 0.600. The van der Waals surface area contributed by atoms with Crippen LogP contribution in [0.2, 0.25) is 5.15 Å². The van der Waals surface area contributed by atoms with Gasteiger partial charge < -0.3 is 5.32 Å². The van der Waals surface area contributed by atoms with Crippen molar-refractivity contribution < 1.29 is 4.79 Å². The lowest BCUT2D eigenvalue weighted by atomic mass is 9.95. The SMILES string of the molecule is CCCNC(=O)C1CCN(Cc2ccc(Cl)nc2)CC1. The number of rotatable bonds is 5. The molecular formula is C15H22ClN3O. The van der Waals surface area contributed by atoms with Crippen molar-refractivity contribution in [3.63, 3.8) is 0 Å². The molecule has 0 bridgehead atoms. The summed E-state index contributed by atoms with van der Waals surface area (Å²) in [6.07, 6.45) is 4.70. The molecule has 2 heterocycles. The van der Waals surface area contributed by atoms with Gasteiger partial charge in [0.25, 0.3) is 0 Å². The molecular weight excluding hydrogens is 274 g/mol. The van der Waals surface area contributed by atoms with Crippen LogP contribution >= 0.6 is 11.6 Å². The van der Waals surface area contributed by atoms with Crippen LogP contribution in [0.15, 0.2) is 18.3 Å². The molecule has 0 unspecified atom stereocenters. The van der Waals surface area contributed by atoms with Crippen LogP contribution in [-0.4, -0.2) is 35.4 Å². The van der Waals surface area contributed by atoms with E-state index in [1.807, 2.05) is 18.3 Å². The molecule has 1 aromatic rings. The smallest absolute Gasteiger partial charge is 0.223 e. The number of likely N-dealkylation sites (tertiary alicyclic amines) is 1. The van der Waals surface area contributed by atoms with Crippen LogP contribution in [-0.2, 0) is 11.3 Å². The molecule has 5 heteroatoms. The summed E-state index contributed by atoms with van der Waals surface area (Å²) < 4.78 is 0. The Morgan fingerprint density at radius 1 is 1.45 bits per heavy atom. The number of halogens is 1. The van der Waals surface area contributed by atoms with Gasteiger partial charge in [0.05, 0.1) is 0 Å². The number of pyridine rings is 1. The maximum atomic E-state index is 11.9. The van der Waals surface area contributed by atoms with Gasteiger partial charge in [-0.1, -0.05) is 24.6 Å². The van der Waals surface area contributed by atoms with Gasteiger partial charge in [-0.25, -0.2) is 4.98 Å². The van der Waals surface area contributed by atoms with Crippen LogP contribution < -0.4 is 5.32 Å². The van der Waals surface area contributed by atoms with Crippen molar-refractivity contribution in [1.29, 1.82) is 0 Å². The number of nitrogens with zero attached hydrogens (tertiary/aromatic N) is 2. The molecule has 1 amide bonds. The average molecular weight is 296 g/mol. The van der Waals surface area contributed by atoms with E-state index in [-0.39, 0.29) is 11.8 Å². The first-order valence-electron chi connectivity index (χ1n) is 7.29. The second-order valence-electron chi connectivity index (χ2n) is 5.33. The summed E-state index contributed by atoms with van der Waals surface area (Å²) in [4.78, 5) is 18.4. The molecule has 1 aromatic heterocycles. The molecule has 2 rings (SSSR count). The van der Waals surface area contributed by atoms with Gasteiger partial charge in [-0.05, 0) is 44.0 Å². The lowest BCUT2D eigenvalue weighted by Crippen LogP contribution is -2.40. The number of nitrogens with one attached hydrogen (secondary N) is 1. The number of carbonyl (C=O) groups is 1. The van der Waals surface area contributed by atoms with E-state index in [0.29, 0.717) is 5.15 Å². The minimum Gasteiger partial charge on any atom is -0.356 e. The van der Waals surface area contributed by atoms with E-state index in [1.54, 1.807) is 0 Å². The second kappa shape index (κ2) is 7.60. The summed E-state index contributed by atoms with van der Waals surface area (Å²) >= 11 is 5.78. The molecule has 1 aliphatic rings. The van der Waals surface area contributed by atoms with Gasteiger partial charge in [-0.15, -0.1) is 0 Å². The van der Waals surface area contributed by atoms with Gasteiger partial charge in [-0.2, -0.15) is 0 Å². The lowest BCUT2D eigenvalue weighted by Gasteiger charge is -2.31. The predicted molar refractivity (Wildman–Crippen MR) is 80.5 cm³/mol. The fourth-order valence-electron chi connectivity index (χ4n) is 2.50. The number of hydrogen-bond donors (Lipinski definition) is 1. The molecule has 20 heavy (non-hydrogen) atoms. The van der Waals surface area contributed by atoms with Gasteiger partial charge in [0, 0.05) is 25.2 Å². The summed E-state index contributed by atoms with van der Waals surface area (Å²) in [5.74, 6) is 0.404. The number of piperidine rings is 1. The van der Waals surface area contributed by atoms with Gasteiger partial charge in [-0.3, -0.25) is 9.69 Å². The summed E-state index contributed by atoms with van der Waals surface area (Å²) in [6.45, 7) is 5.67. The van der Waals surface area contributed by atoms with Gasteiger partial charge in [0.15, 0.2) is 0 Å². The quantitative estimate of drug-likeness (QED) is 0.849. The van der Waals surface area contributed by atoms with Crippen molar-refractivity contribution in [2.45, 2.75) is 32.7 Å². The van der Waals surface area contributed by atoms with Crippen LogP contribution in [0.3, 0.4) is 0 Å². The van der Waals surface area contributed by atoms with E-state index in [9.17, 15) is 4.79 Å². The van der Waals surface area contributed by atoms with E-state index in [2.05, 4.69) is 22.1 Å². The topological polar surface area (TPSA) is 45.2 Å². The number of carbonyl (C=O) groups excluding carboxylic acids is 1. The second-order valence-corrected chi connectivity index (χ2v) is 5.72. The number of hydrogen-bond acceptors (Lipinski definition) is 3. The van der Waals surface area contributed by atoms with Crippen molar-refractivity contribution in [1.82, 2.24) is 15.2 Å². The minimum atomic E-state index is 0.182. The third kappa shape index (κ3) is 4.46. The Kier molecular flexibility index (Phi) is 5.80. The molecule has 0 saturated carbocycles. The van der Waals surface area contributed by atoms with Crippen molar-refractivity contribution in [3.05, 3.63) is 29.0 Å². The first-order valence-corrected chi connectivity index (χ1v) is 7.67. The molecule has 0 spiro atoms. The molecule has 4 nitrogen and oxygen atoms in total. The zero-order valence-corrected chi connectivity index (χ0v) is 12.7. The molecule has 1 saturated heterocycles. The molecule has 0 aliphatic carbocycles. The largest absolute Gasteiger partial charge is 0.356 e. The summed E-state index contributed by atoms with van der Waals surface area (Å²) in [5.41, 5.74) is 1.17. The van der Waals surface area contributed by atoms with E-state index in [0.717, 1.165) is 45.4 Å². The first kappa shape index (κ1) is 15.3. The van der Waals surface area contributed by atoms with E-state index in [4.69, 9.17) is 11.6 Å². The Balaban J connectivity index is 1.76. The highest BCUT2D eigenvalue weighted by atomic mass is 35.5. The molecule has 1 fully saturated rings. The molecule has 1 aliphatic heterocycles. The van der Waals surface area contributed by atoms with Gasteiger partial charge >= 0.3 is 0 Å². The third-order valence-electron chi connectivity index (χ3n) is 3.70. The standard InChI is InChI=1S/C15H22ClN3O/c1-2-7-17-15(20)13-5-8-19(9-6-13)11-12-3-4-14(16)18-10-12/h3-4,10,13H,2,5-9,11H2,1H3,(H,17,20). The van der Waals surface area contributed by atoms with Crippen LogP contribution in [0.5, 0.6) is 0 Å². The maximum Gasteiger partial charge on any atom is 0.223 e. The third-order valence-corrected chi connectivity index (χ3v) is 3.93. The van der Waals surface area contributed by atoms with Crippen molar-refractivity contribution in [3.8, 4) is 0 Å². The fourth-order valence-corrected chi connectivity index (χ4v) is 2.62. The average Bonchev–Trinajstić information content (AvgIpc) is 2.48. The van der Waals surface area contributed by atoms with E-state index < -0.39 is 0 Å². The van der Waals surface area contributed by atoms with Crippen LogP contribution in [0, 0.1) is 5.92 Å². The highest BCUT2D eigenvalue weighted by Crippen LogP contribution is 2.19. The monoisotopic (exact) mass is 295 g/mol. The molecule has 0 radical (unpaired) electrons. The number of amides is 1. The van der Waals surface area contributed by atoms with Crippen molar-refractivity contribution >= 4 is 17.5 Å². The summed E-state index contributed by atoms with van der Waals surface area (Å²) in [5, 5.41) is 3.52. The predicted octanol–water partition coefficient (Wildman–Crippen LogP) is 2.47. The molecule has 0 aromatic carbocycles. The lowest BCUT2D eigenvalue weighted by molar-refractivity contribution is -0.126. The molecule has 110 valence electrons. The Morgan fingerprint density at radius 3 is 2.80 bits per heavy atom. The highest BCUT2D eigenvalue weighted by Gasteiger charge is 2.24. The maximum absolute atomic E-state index is 11.9. The summed E-state index contributed by atoms with van der Waals surface area (Å²) in [6, 6.07) is 3.83. The van der Waals surface area contributed by atoms with Gasteiger partial charge in [0.1, 0.15) is 5.15 Å². The Labute approximate surface area is 125 Å². The first-order chi connectivity index (χ1) is 9.69.